The molecule has 0 radical (unpaired) electrons. The van der Waals surface area contributed by atoms with Crippen LogP contribution in [0.15, 0.2) is 18.2 Å². The average Bonchev–Trinajstić information content (AvgIpc) is 2.44. The van der Waals surface area contributed by atoms with Crippen molar-refractivity contribution in [1.82, 2.24) is 4.90 Å². The number of benzene rings is 1. The number of hydrogen-bond acceptors (Lipinski definition) is 5. The maximum atomic E-state index is 12.5. The van der Waals surface area contributed by atoms with Crippen LogP contribution in [-0.2, 0) is 4.74 Å². The Kier molecular flexibility index (Phi) is 4.13. The van der Waals surface area contributed by atoms with Gasteiger partial charge in [-0.25, -0.2) is 0 Å². The summed E-state index contributed by atoms with van der Waals surface area (Å²) in [6.45, 7) is 5.19. The van der Waals surface area contributed by atoms with E-state index in [2.05, 4.69) is 0 Å². The molecule has 2 rings (SSSR count). The zero-order chi connectivity index (χ0) is 15.6. The highest BCUT2D eigenvalue weighted by Crippen LogP contribution is 2.28. The van der Waals surface area contributed by atoms with Crippen molar-refractivity contribution in [3.8, 4) is 5.75 Å². The summed E-state index contributed by atoms with van der Waals surface area (Å²) in [5.74, 6) is -0.101. The van der Waals surface area contributed by atoms with Crippen molar-refractivity contribution in [2.45, 2.75) is 19.4 Å². The van der Waals surface area contributed by atoms with Crippen LogP contribution in [0.4, 0.5) is 5.69 Å². The minimum atomic E-state index is -0.557. The lowest BCUT2D eigenvalue weighted by Crippen LogP contribution is -2.50. The summed E-state index contributed by atoms with van der Waals surface area (Å²) in [6.07, 6.45) is 0. The second-order valence-corrected chi connectivity index (χ2v) is 5.48. The number of carbonyl (C=O) groups excluding carboxylic acids is 1. The largest absolute Gasteiger partial charge is 0.490 e. The van der Waals surface area contributed by atoms with Gasteiger partial charge in [-0.1, -0.05) is 0 Å². The van der Waals surface area contributed by atoms with E-state index < -0.39 is 10.5 Å². The summed E-state index contributed by atoms with van der Waals surface area (Å²) >= 11 is 0. The molecule has 1 aromatic carbocycles. The molecule has 1 aliphatic heterocycles. The van der Waals surface area contributed by atoms with Crippen molar-refractivity contribution < 1.29 is 19.2 Å². The zero-order valence-corrected chi connectivity index (χ0v) is 12.3. The molecule has 0 atom stereocenters. The molecule has 1 aromatic rings. The molecule has 0 aromatic heterocycles. The maximum Gasteiger partial charge on any atom is 0.311 e. The molecule has 0 saturated carbocycles. The van der Waals surface area contributed by atoms with Gasteiger partial charge in [-0.3, -0.25) is 14.9 Å². The second kappa shape index (κ2) is 5.69. The summed E-state index contributed by atoms with van der Waals surface area (Å²) in [5.41, 5.74) is -0.345. The van der Waals surface area contributed by atoms with Gasteiger partial charge in [0, 0.05) is 24.7 Å². The monoisotopic (exact) mass is 294 g/mol. The Morgan fingerprint density at radius 1 is 1.48 bits per heavy atom. The molecule has 7 nitrogen and oxygen atoms in total. The number of nitro groups is 1. The van der Waals surface area contributed by atoms with Gasteiger partial charge in [0.15, 0.2) is 5.75 Å². The molecule has 1 saturated heterocycles. The number of nitro benzene ring substituents is 1. The first-order valence-electron chi connectivity index (χ1n) is 6.60. The lowest BCUT2D eigenvalue weighted by Gasteiger charge is -2.38. The van der Waals surface area contributed by atoms with Gasteiger partial charge in [-0.15, -0.1) is 0 Å². The minimum absolute atomic E-state index is 0.138. The van der Waals surface area contributed by atoms with Crippen molar-refractivity contribution in [2.75, 3.05) is 26.8 Å². The SMILES string of the molecule is COc1ccc(C(=O)N2CCOC(C)(C)C2)cc1[N+](=O)[O-]. The Labute approximate surface area is 122 Å². The van der Waals surface area contributed by atoms with Crippen LogP contribution in [0.2, 0.25) is 0 Å². The van der Waals surface area contributed by atoms with Gasteiger partial charge in [0.2, 0.25) is 0 Å². The summed E-state index contributed by atoms with van der Waals surface area (Å²) in [4.78, 5) is 24.6. The number of rotatable bonds is 3. The topological polar surface area (TPSA) is 81.9 Å². The van der Waals surface area contributed by atoms with E-state index >= 15 is 0 Å². The fourth-order valence-electron chi connectivity index (χ4n) is 2.34. The predicted octanol–water partition coefficient (Wildman–Crippen LogP) is 1.85. The standard InChI is InChI=1S/C14H18N2O5/c1-14(2)9-15(6-7-21-14)13(17)10-4-5-12(20-3)11(8-10)16(18)19/h4-5,8H,6-7,9H2,1-3H3. The smallest absolute Gasteiger partial charge is 0.311 e. The molecule has 114 valence electrons. The maximum absolute atomic E-state index is 12.5. The molecule has 1 amide bonds. The zero-order valence-electron chi connectivity index (χ0n) is 12.3. The average molecular weight is 294 g/mol. The molecule has 0 N–H and O–H groups in total. The van der Waals surface area contributed by atoms with E-state index in [1.165, 1.54) is 25.3 Å². The van der Waals surface area contributed by atoms with Gasteiger partial charge in [0.25, 0.3) is 5.91 Å². The van der Waals surface area contributed by atoms with Crippen LogP contribution >= 0.6 is 0 Å². The van der Waals surface area contributed by atoms with Crippen LogP contribution < -0.4 is 4.74 Å². The van der Waals surface area contributed by atoms with Crippen LogP contribution in [0.1, 0.15) is 24.2 Å². The summed E-state index contributed by atoms with van der Waals surface area (Å²) in [6, 6.07) is 4.23. The molecule has 1 heterocycles. The molecule has 21 heavy (non-hydrogen) atoms. The van der Waals surface area contributed by atoms with E-state index in [9.17, 15) is 14.9 Å². The van der Waals surface area contributed by atoms with Crippen LogP contribution in [0.25, 0.3) is 0 Å². The number of carbonyl (C=O) groups is 1. The van der Waals surface area contributed by atoms with Gasteiger partial charge in [0.1, 0.15) is 0 Å². The second-order valence-electron chi connectivity index (χ2n) is 5.48. The highest BCUT2D eigenvalue weighted by Gasteiger charge is 2.31. The Balaban J connectivity index is 2.27. The summed E-state index contributed by atoms with van der Waals surface area (Å²) < 4.78 is 10.5. The molecule has 1 aliphatic rings. The first-order valence-corrected chi connectivity index (χ1v) is 6.60. The Morgan fingerprint density at radius 2 is 2.19 bits per heavy atom. The van der Waals surface area contributed by atoms with E-state index in [0.717, 1.165) is 0 Å². The number of nitrogens with zero attached hydrogens (tertiary/aromatic N) is 2. The quantitative estimate of drug-likeness (QED) is 0.627. The molecule has 0 spiro atoms. The Morgan fingerprint density at radius 3 is 2.76 bits per heavy atom. The van der Waals surface area contributed by atoms with Crippen molar-refractivity contribution in [3.05, 3.63) is 33.9 Å². The predicted molar refractivity (Wildman–Crippen MR) is 75.6 cm³/mol. The lowest BCUT2D eigenvalue weighted by molar-refractivity contribution is -0.385. The van der Waals surface area contributed by atoms with Gasteiger partial charge < -0.3 is 14.4 Å². The number of hydrogen-bond donors (Lipinski definition) is 0. The summed E-state index contributed by atoms with van der Waals surface area (Å²) in [7, 11) is 1.36. The summed E-state index contributed by atoms with van der Waals surface area (Å²) in [5, 5.41) is 11.0. The Hall–Kier alpha value is -2.15. The fraction of sp³-hybridized carbons (Fsp3) is 0.500. The van der Waals surface area contributed by atoms with Gasteiger partial charge in [0.05, 0.1) is 24.2 Å². The van der Waals surface area contributed by atoms with Gasteiger partial charge in [-0.05, 0) is 26.0 Å². The van der Waals surface area contributed by atoms with E-state index in [0.29, 0.717) is 19.7 Å². The Bertz CT molecular complexity index is 570. The highest BCUT2D eigenvalue weighted by atomic mass is 16.6. The van der Waals surface area contributed by atoms with Crippen LogP contribution in [0.5, 0.6) is 5.75 Å². The first kappa shape index (κ1) is 15.2. The van der Waals surface area contributed by atoms with Crippen molar-refractivity contribution >= 4 is 11.6 Å². The third-order valence-electron chi connectivity index (χ3n) is 3.34. The molecular weight excluding hydrogens is 276 g/mol. The van der Waals surface area contributed by atoms with E-state index in [1.807, 2.05) is 13.8 Å². The van der Waals surface area contributed by atoms with Crippen LogP contribution in [-0.4, -0.2) is 48.1 Å². The van der Waals surface area contributed by atoms with E-state index in [-0.39, 0.29) is 22.9 Å². The molecule has 0 bridgehead atoms. The van der Waals surface area contributed by atoms with Crippen molar-refractivity contribution in [3.63, 3.8) is 0 Å². The number of methoxy groups -OCH3 is 1. The van der Waals surface area contributed by atoms with E-state index in [4.69, 9.17) is 9.47 Å². The van der Waals surface area contributed by atoms with Crippen LogP contribution in [0, 0.1) is 10.1 Å². The van der Waals surface area contributed by atoms with E-state index in [1.54, 1.807) is 4.90 Å². The number of ether oxygens (including phenoxy) is 2. The number of amides is 1. The third kappa shape index (κ3) is 3.30. The van der Waals surface area contributed by atoms with Crippen LogP contribution in [0.3, 0.4) is 0 Å². The lowest BCUT2D eigenvalue weighted by atomic mass is 10.1. The molecule has 0 aliphatic carbocycles. The normalized spacial score (nSPS) is 17.4. The third-order valence-corrected chi connectivity index (χ3v) is 3.34. The highest BCUT2D eigenvalue weighted by molar-refractivity contribution is 5.95. The fourth-order valence-corrected chi connectivity index (χ4v) is 2.34. The van der Waals surface area contributed by atoms with Crippen molar-refractivity contribution in [2.24, 2.45) is 0 Å². The van der Waals surface area contributed by atoms with Crippen molar-refractivity contribution in [1.29, 1.82) is 0 Å². The molecular formula is C14H18N2O5. The van der Waals surface area contributed by atoms with Gasteiger partial charge in [-0.2, -0.15) is 0 Å². The minimum Gasteiger partial charge on any atom is -0.490 e. The first-order chi connectivity index (χ1) is 9.84. The molecule has 0 unspecified atom stereocenters. The molecule has 7 heteroatoms. The molecule has 1 fully saturated rings. The number of morpholine rings is 1. The van der Waals surface area contributed by atoms with Gasteiger partial charge >= 0.3 is 5.69 Å².